The van der Waals surface area contributed by atoms with E-state index in [-0.39, 0.29) is 0 Å². The highest BCUT2D eigenvalue weighted by Crippen LogP contribution is 2.30. The molecule has 0 N–H and O–H groups in total. The summed E-state index contributed by atoms with van der Waals surface area (Å²) >= 11 is 0. The molecule has 0 aliphatic carbocycles. The van der Waals surface area contributed by atoms with Crippen molar-refractivity contribution in [1.29, 1.82) is 0 Å². The van der Waals surface area contributed by atoms with Crippen molar-refractivity contribution >= 4 is 0 Å². The van der Waals surface area contributed by atoms with Gasteiger partial charge in [-0.3, -0.25) is 4.98 Å². The van der Waals surface area contributed by atoms with Crippen LogP contribution in [0.15, 0.2) is 60.7 Å². The number of aryl methyl sites for hydroxylation is 2. The van der Waals surface area contributed by atoms with E-state index >= 15 is 0 Å². The van der Waals surface area contributed by atoms with Gasteiger partial charge in [0.05, 0.1) is 11.3 Å². The number of pyridine rings is 1. The minimum atomic E-state index is -4.33. The second-order valence-electron chi connectivity index (χ2n) is 6.12. The predicted molar refractivity (Wildman–Crippen MR) is 94.9 cm³/mol. The molecule has 3 rings (SSSR count). The molecule has 2 nitrogen and oxygen atoms in total. The van der Waals surface area contributed by atoms with Crippen molar-refractivity contribution in [3.63, 3.8) is 0 Å². The number of rotatable bonds is 4. The normalized spacial score (nSPS) is 11.4. The molecule has 5 heteroatoms. The van der Waals surface area contributed by atoms with E-state index in [0.29, 0.717) is 17.9 Å². The average Bonchev–Trinajstić information content (AvgIpc) is 2.60. The Morgan fingerprint density at radius 3 is 2.27 bits per heavy atom. The lowest BCUT2D eigenvalue weighted by atomic mass is 10.1. The fourth-order valence-electron chi connectivity index (χ4n) is 2.60. The van der Waals surface area contributed by atoms with Crippen molar-refractivity contribution in [2.75, 3.05) is 0 Å². The molecule has 0 radical (unpaired) electrons. The van der Waals surface area contributed by atoms with Gasteiger partial charge in [0.1, 0.15) is 12.4 Å². The lowest BCUT2D eigenvalue weighted by molar-refractivity contribution is -0.137. The van der Waals surface area contributed by atoms with Gasteiger partial charge >= 0.3 is 6.18 Å². The standard InChI is InChI=1S/C21H18F3NO/c1-14-4-3-5-19(12-14)26-13-17-8-11-20(25-15(17)2)16-6-9-18(10-7-16)21(22,23)24/h3-12H,13H2,1-2H3. The number of ether oxygens (including phenoxy) is 1. The number of aromatic nitrogens is 1. The number of hydrogen-bond donors (Lipinski definition) is 0. The summed E-state index contributed by atoms with van der Waals surface area (Å²) in [6, 6.07) is 16.5. The molecule has 134 valence electrons. The number of alkyl halides is 3. The highest BCUT2D eigenvalue weighted by Gasteiger charge is 2.30. The van der Waals surface area contributed by atoms with E-state index in [1.165, 1.54) is 12.1 Å². The highest BCUT2D eigenvalue weighted by atomic mass is 19.4. The molecule has 3 aromatic rings. The Balaban J connectivity index is 1.75. The van der Waals surface area contributed by atoms with Crippen molar-refractivity contribution in [1.82, 2.24) is 4.98 Å². The SMILES string of the molecule is Cc1cccc(OCc2ccc(-c3ccc(C(F)(F)F)cc3)nc2C)c1. The Bertz CT molecular complexity index is 902. The quantitative estimate of drug-likeness (QED) is 0.574. The number of hydrogen-bond acceptors (Lipinski definition) is 2. The van der Waals surface area contributed by atoms with Gasteiger partial charge in [0.2, 0.25) is 0 Å². The van der Waals surface area contributed by atoms with Crippen LogP contribution in [0.3, 0.4) is 0 Å². The fraction of sp³-hybridized carbons (Fsp3) is 0.190. The molecule has 26 heavy (non-hydrogen) atoms. The van der Waals surface area contributed by atoms with E-state index in [4.69, 9.17) is 4.74 Å². The summed E-state index contributed by atoms with van der Waals surface area (Å²) in [6.45, 7) is 4.25. The molecular weight excluding hydrogens is 339 g/mol. The van der Waals surface area contributed by atoms with E-state index in [1.807, 2.05) is 44.2 Å². The van der Waals surface area contributed by atoms with Crippen LogP contribution in [0.25, 0.3) is 11.3 Å². The van der Waals surface area contributed by atoms with Gasteiger partial charge in [-0.05, 0) is 49.7 Å². The van der Waals surface area contributed by atoms with E-state index in [2.05, 4.69) is 4.98 Å². The van der Waals surface area contributed by atoms with Gasteiger partial charge in [-0.1, -0.05) is 30.3 Å². The first-order valence-electron chi connectivity index (χ1n) is 8.16. The van der Waals surface area contributed by atoms with E-state index in [1.54, 1.807) is 6.07 Å². The first kappa shape index (κ1) is 18.0. The Labute approximate surface area is 150 Å². The third kappa shape index (κ3) is 4.23. The average molecular weight is 357 g/mol. The van der Waals surface area contributed by atoms with Crippen LogP contribution in [-0.4, -0.2) is 4.98 Å². The number of nitrogens with zero attached hydrogens (tertiary/aromatic N) is 1. The Morgan fingerprint density at radius 1 is 0.923 bits per heavy atom. The molecule has 0 bridgehead atoms. The second-order valence-corrected chi connectivity index (χ2v) is 6.12. The second kappa shape index (κ2) is 7.20. The van der Waals surface area contributed by atoms with Gasteiger partial charge in [-0.15, -0.1) is 0 Å². The molecule has 0 spiro atoms. The van der Waals surface area contributed by atoms with E-state index in [0.717, 1.165) is 34.7 Å². The molecule has 0 saturated heterocycles. The molecule has 0 aliphatic rings. The largest absolute Gasteiger partial charge is 0.489 e. The van der Waals surface area contributed by atoms with E-state index in [9.17, 15) is 13.2 Å². The van der Waals surface area contributed by atoms with Crippen molar-refractivity contribution in [3.05, 3.63) is 83.0 Å². The molecule has 0 amide bonds. The van der Waals surface area contributed by atoms with Crippen LogP contribution in [0.1, 0.15) is 22.4 Å². The zero-order chi connectivity index (χ0) is 18.7. The van der Waals surface area contributed by atoms with Gasteiger partial charge in [-0.25, -0.2) is 0 Å². The topological polar surface area (TPSA) is 22.1 Å². The maximum Gasteiger partial charge on any atom is 0.416 e. The van der Waals surface area contributed by atoms with Crippen LogP contribution in [0.5, 0.6) is 5.75 Å². The van der Waals surface area contributed by atoms with Crippen molar-refractivity contribution in [2.24, 2.45) is 0 Å². The van der Waals surface area contributed by atoms with Gasteiger partial charge in [0.15, 0.2) is 0 Å². The number of halogens is 3. The molecule has 2 aromatic carbocycles. The lowest BCUT2D eigenvalue weighted by Gasteiger charge is -2.11. The third-order valence-corrected chi connectivity index (χ3v) is 4.09. The molecule has 0 atom stereocenters. The van der Waals surface area contributed by atoms with Crippen LogP contribution in [0.2, 0.25) is 0 Å². The third-order valence-electron chi connectivity index (χ3n) is 4.09. The maximum absolute atomic E-state index is 12.7. The van der Waals surface area contributed by atoms with E-state index < -0.39 is 11.7 Å². The summed E-state index contributed by atoms with van der Waals surface area (Å²) in [5.41, 5.74) is 3.45. The summed E-state index contributed by atoms with van der Waals surface area (Å²) in [6.07, 6.45) is -4.33. The molecule has 0 unspecified atom stereocenters. The molecule has 0 fully saturated rings. The molecular formula is C21H18F3NO. The summed E-state index contributed by atoms with van der Waals surface area (Å²) < 4.78 is 43.8. The van der Waals surface area contributed by atoms with Crippen molar-refractivity contribution in [2.45, 2.75) is 26.6 Å². The minimum Gasteiger partial charge on any atom is -0.489 e. The van der Waals surface area contributed by atoms with Crippen molar-refractivity contribution < 1.29 is 17.9 Å². The fourth-order valence-corrected chi connectivity index (χ4v) is 2.60. The zero-order valence-corrected chi connectivity index (χ0v) is 14.5. The van der Waals surface area contributed by atoms with Crippen molar-refractivity contribution in [3.8, 4) is 17.0 Å². The summed E-state index contributed by atoms with van der Waals surface area (Å²) in [4.78, 5) is 4.50. The maximum atomic E-state index is 12.7. The van der Waals surface area contributed by atoms with Gasteiger partial charge in [0, 0.05) is 16.8 Å². The Morgan fingerprint density at radius 2 is 1.65 bits per heavy atom. The van der Waals surface area contributed by atoms with Crippen LogP contribution < -0.4 is 4.74 Å². The monoisotopic (exact) mass is 357 g/mol. The van der Waals surface area contributed by atoms with Crippen LogP contribution in [-0.2, 0) is 12.8 Å². The number of benzene rings is 2. The Kier molecular flexibility index (Phi) is 4.98. The zero-order valence-electron chi connectivity index (χ0n) is 14.5. The first-order chi connectivity index (χ1) is 12.3. The molecule has 0 aliphatic heterocycles. The summed E-state index contributed by atoms with van der Waals surface area (Å²) in [5.74, 6) is 0.788. The van der Waals surface area contributed by atoms with Crippen LogP contribution >= 0.6 is 0 Å². The summed E-state index contributed by atoms with van der Waals surface area (Å²) in [7, 11) is 0. The molecule has 1 aromatic heterocycles. The highest BCUT2D eigenvalue weighted by molar-refractivity contribution is 5.60. The smallest absolute Gasteiger partial charge is 0.416 e. The van der Waals surface area contributed by atoms with Crippen LogP contribution in [0, 0.1) is 13.8 Å². The molecule has 0 saturated carbocycles. The van der Waals surface area contributed by atoms with Crippen LogP contribution in [0.4, 0.5) is 13.2 Å². The molecule has 1 heterocycles. The minimum absolute atomic E-state index is 0.385. The van der Waals surface area contributed by atoms with Gasteiger partial charge < -0.3 is 4.74 Å². The first-order valence-corrected chi connectivity index (χ1v) is 8.16. The predicted octanol–water partition coefficient (Wildman–Crippen LogP) is 5.96. The lowest BCUT2D eigenvalue weighted by Crippen LogP contribution is -2.04. The van der Waals surface area contributed by atoms with Gasteiger partial charge in [0.25, 0.3) is 0 Å². The summed E-state index contributed by atoms with van der Waals surface area (Å²) in [5, 5.41) is 0. The Hall–Kier alpha value is -2.82. The van der Waals surface area contributed by atoms with Gasteiger partial charge in [-0.2, -0.15) is 13.2 Å².